The standard InChI is InChI=1S/C19H40N2/c1-3-4-5-6-7-8-9-10-11-12-14-19(2)15-18-21-17-13-16-20/h13,17,19,21H,3-12,14-16,18,20H2,1-2H3. The van der Waals surface area contributed by atoms with Gasteiger partial charge in [0.1, 0.15) is 0 Å². The minimum atomic E-state index is 0.626. The third-order valence-corrected chi connectivity index (χ3v) is 4.20. The van der Waals surface area contributed by atoms with Gasteiger partial charge in [0.05, 0.1) is 0 Å². The number of hydrogen-bond donors (Lipinski definition) is 2. The van der Waals surface area contributed by atoms with Gasteiger partial charge in [-0.3, -0.25) is 0 Å². The molecule has 0 radical (unpaired) electrons. The highest BCUT2D eigenvalue weighted by molar-refractivity contribution is 4.79. The summed E-state index contributed by atoms with van der Waals surface area (Å²) < 4.78 is 0. The Balaban J connectivity index is 3.14. The van der Waals surface area contributed by atoms with Crippen LogP contribution in [0.3, 0.4) is 0 Å². The monoisotopic (exact) mass is 296 g/mol. The molecule has 0 bridgehead atoms. The Labute approximate surface area is 134 Å². The summed E-state index contributed by atoms with van der Waals surface area (Å²) >= 11 is 0. The lowest BCUT2D eigenvalue weighted by molar-refractivity contribution is 0.450. The second-order valence-electron chi connectivity index (χ2n) is 6.46. The predicted octanol–water partition coefficient (Wildman–Crippen LogP) is 5.39. The van der Waals surface area contributed by atoms with E-state index in [1.54, 1.807) is 0 Å². The molecule has 0 aliphatic carbocycles. The molecule has 0 aromatic heterocycles. The Kier molecular flexibility index (Phi) is 17.1. The highest BCUT2D eigenvalue weighted by Crippen LogP contribution is 2.15. The van der Waals surface area contributed by atoms with Crippen molar-refractivity contribution in [1.82, 2.24) is 5.32 Å². The van der Waals surface area contributed by atoms with E-state index in [2.05, 4.69) is 19.2 Å². The van der Waals surface area contributed by atoms with Crippen LogP contribution in [0.4, 0.5) is 0 Å². The van der Waals surface area contributed by atoms with Crippen LogP contribution in [-0.2, 0) is 0 Å². The molecule has 2 heteroatoms. The molecule has 0 spiro atoms. The normalized spacial score (nSPS) is 12.9. The number of hydrogen-bond acceptors (Lipinski definition) is 2. The smallest absolute Gasteiger partial charge is 0.0143 e. The van der Waals surface area contributed by atoms with E-state index < -0.39 is 0 Å². The lowest BCUT2D eigenvalue weighted by Crippen LogP contribution is -2.11. The van der Waals surface area contributed by atoms with Crippen LogP contribution in [0.1, 0.15) is 90.9 Å². The van der Waals surface area contributed by atoms with E-state index >= 15 is 0 Å². The van der Waals surface area contributed by atoms with E-state index in [4.69, 9.17) is 5.73 Å². The number of unbranched alkanes of at least 4 members (excludes halogenated alkanes) is 9. The summed E-state index contributed by atoms with van der Waals surface area (Å²) in [6.45, 7) is 6.37. The lowest BCUT2D eigenvalue weighted by atomic mass is 9.99. The third-order valence-electron chi connectivity index (χ3n) is 4.20. The topological polar surface area (TPSA) is 38.0 Å². The molecular formula is C19H40N2. The van der Waals surface area contributed by atoms with Crippen LogP contribution in [0.5, 0.6) is 0 Å². The van der Waals surface area contributed by atoms with Crippen LogP contribution < -0.4 is 11.1 Å². The third kappa shape index (κ3) is 17.4. The quantitative estimate of drug-likeness (QED) is 0.375. The molecule has 21 heavy (non-hydrogen) atoms. The maximum atomic E-state index is 5.39. The number of nitrogens with one attached hydrogen (secondary N) is 1. The molecule has 1 atom stereocenters. The Morgan fingerprint density at radius 2 is 1.43 bits per heavy atom. The molecule has 0 saturated heterocycles. The second-order valence-corrected chi connectivity index (χ2v) is 6.46. The molecule has 0 aromatic rings. The van der Waals surface area contributed by atoms with Crippen molar-refractivity contribution in [2.45, 2.75) is 90.9 Å². The van der Waals surface area contributed by atoms with Gasteiger partial charge in [0, 0.05) is 13.1 Å². The van der Waals surface area contributed by atoms with Crippen LogP contribution in [0.2, 0.25) is 0 Å². The van der Waals surface area contributed by atoms with Crippen molar-refractivity contribution >= 4 is 0 Å². The molecule has 0 fully saturated rings. The largest absolute Gasteiger partial charge is 0.391 e. The lowest BCUT2D eigenvalue weighted by Gasteiger charge is -2.11. The molecule has 1 unspecified atom stereocenters. The molecule has 0 rings (SSSR count). The van der Waals surface area contributed by atoms with Crippen molar-refractivity contribution in [3.63, 3.8) is 0 Å². The molecular weight excluding hydrogens is 256 g/mol. The molecule has 0 aliphatic heterocycles. The average molecular weight is 297 g/mol. The first-order valence-electron chi connectivity index (χ1n) is 9.39. The second kappa shape index (κ2) is 17.6. The van der Waals surface area contributed by atoms with Gasteiger partial charge in [-0.2, -0.15) is 0 Å². The number of nitrogens with two attached hydrogens (primary N) is 1. The average Bonchev–Trinajstić information content (AvgIpc) is 2.49. The van der Waals surface area contributed by atoms with Crippen molar-refractivity contribution in [2.24, 2.45) is 11.7 Å². The Hall–Kier alpha value is -0.500. The van der Waals surface area contributed by atoms with Crippen molar-refractivity contribution < 1.29 is 0 Å². The first-order chi connectivity index (χ1) is 10.3. The van der Waals surface area contributed by atoms with Crippen molar-refractivity contribution in [1.29, 1.82) is 0 Å². The van der Waals surface area contributed by atoms with Crippen molar-refractivity contribution in [3.05, 3.63) is 12.3 Å². The van der Waals surface area contributed by atoms with Gasteiger partial charge in [-0.15, -0.1) is 0 Å². The fourth-order valence-electron chi connectivity index (χ4n) is 2.69. The highest BCUT2D eigenvalue weighted by Gasteiger charge is 2.01. The summed E-state index contributed by atoms with van der Waals surface area (Å²) in [5, 5.41) is 3.30. The van der Waals surface area contributed by atoms with Gasteiger partial charge in [0.25, 0.3) is 0 Å². The predicted molar refractivity (Wildman–Crippen MR) is 96.4 cm³/mol. The maximum absolute atomic E-state index is 5.39. The summed E-state index contributed by atoms with van der Waals surface area (Å²) in [6.07, 6.45) is 20.9. The molecule has 0 aliphatic rings. The van der Waals surface area contributed by atoms with Crippen LogP contribution in [-0.4, -0.2) is 13.1 Å². The van der Waals surface area contributed by atoms with E-state index in [0.29, 0.717) is 6.54 Å². The minimum absolute atomic E-state index is 0.626. The molecule has 2 nitrogen and oxygen atoms in total. The molecule has 0 amide bonds. The SMILES string of the molecule is CCCCCCCCCCCCC(C)CCNC=CCN. The molecule has 0 saturated carbocycles. The van der Waals surface area contributed by atoms with Gasteiger partial charge in [0.2, 0.25) is 0 Å². The van der Waals surface area contributed by atoms with E-state index in [1.165, 1.54) is 77.0 Å². The van der Waals surface area contributed by atoms with Gasteiger partial charge in [0.15, 0.2) is 0 Å². The van der Waals surface area contributed by atoms with E-state index in [9.17, 15) is 0 Å². The van der Waals surface area contributed by atoms with Gasteiger partial charge in [-0.1, -0.05) is 90.6 Å². The van der Waals surface area contributed by atoms with E-state index in [-0.39, 0.29) is 0 Å². The van der Waals surface area contributed by atoms with E-state index in [1.807, 2.05) is 12.3 Å². The summed E-state index contributed by atoms with van der Waals surface area (Å²) in [7, 11) is 0. The van der Waals surface area contributed by atoms with Gasteiger partial charge < -0.3 is 11.1 Å². The van der Waals surface area contributed by atoms with Crippen LogP contribution in [0.25, 0.3) is 0 Å². The zero-order valence-electron chi connectivity index (χ0n) is 14.7. The zero-order chi connectivity index (χ0) is 15.6. The van der Waals surface area contributed by atoms with Crippen molar-refractivity contribution in [3.8, 4) is 0 Å². The Morgan fingerprint density at radius 3 is 2.00 bits per heavy atom. The van der Waals surface area contributed by atoms with Gasteiger partial charge >= 0.3 is 0 Å². The summed E-state index contributed by atoms with van der Waals surface area (Å²) in [4.78, 5) is 0. The molecule has 0 aromatic carbocycles. The first-order valence-corrected chi connectivity index (χ1v) is 9.39. The highest BCUT2D eigenvalue weighted by atomic mass is 14.8. The fourth-order valence-corrected chi connectivity index (χ4v) is 2.69. The fraction of sp³-hybridized carbons (Fsp3) is 0.895. The zero-order valence-corrected chi connectivity index (χ0v) is 14.7. The Morgan fingerprint density at radius 1 is 0.857 bits per heavy atom. The molecule has 126 valence electrons. The van der Waals surface area contributed by atoms with Gasteiger partial charge in [-0.25, -0.2) is 0 Å². The molecule has 0 heterocycles. The molecule has 3 N–H and O–H groups in total. The van der Waals surface area contributed by atoms with Crippen molar-refractivity contribution in [2.75, 3.05) is 13.1 Å². The summed E-state index contributed by atoms with van der Waals surface area (Å²) in [5.74, 6) is 0.845. The minimum Gasteiger partial charge on any atom is -0.391 e. The van der Waals surface area contributed by atoms with E-state index in [0.717, 1.165) is 12.5 Å². The van der Waals surface area contributed by atoms with Crippen LogP contribution in [0.15, 0.2) is 12.3 Å². The number of rotatable bonds is 16. The van der Waals surface area contributed by atoms with Gasteiger partial charge in [-0.05, 0) is 18.5 Å². The van der Waals surface area contributed by atoms with Crippen LogP contribution >= 0.6 is 0 Å². The summed E-state index contributed by atoms with van der Waals surface area (Å²) in [5.41, 5.74) is 5.39. The first kappa shape index (κ1) is 20.5. The Bertz CT molecular complexity index is 214. The summed E-state index contributed by atoms with van der Waals surface area (Å²) in [6, 6.07) is 0. The maximum Gasteiger partial charge on any atom is 0.0143 e. The van der Waals surface area contributed by atoms with Crippen LogP contribution in [0, 0.1) is 5.92 Å².